The number of rotatable bonds is 5. The molecule has 5 nitrogen and oxygen atoms in total. The van der Waals surface area contributed by atoms with Crippen LogP contribution in [-0.4, -0.2) is 34.5 Å². The van der Waals surface area contributed by atoms with Crippen LogP contribution in [0.5, 0.6) is 11.6 Å². The highest BCUT2D eigenvalue weighted by Crippen LogP contribution is 2.33. The average Bonchev–Trinajstić information content (AvgIpc) is 2.85. The lowest BCUT2D eigenvalue weighted by atomic mass is 10.0. The van der Waals surface area contributed by atoms with E-state index in [-0.39, 0.29) is 0 Å². The Morgan fingerprint density at radius 3 is 2.29 bits per heavy atom. The first-order valence-electron chi connectivity index (χ1n) is 11.7. The molecule has 0 unspecified atom stereocenters. The molecule has 0 radical (unpaired) electrons. The predicted octanol–water partition coefficient (Wildman–Crippen LogP) is 5.84. The van der Waals surface area contributed by atoms with Crippen molar-refractivity contribution in [2.75, 3.05) is 24.5 Å². The van der Waals surface area contributed by atoms with E-state index >= 15 is 0 Å². The first-order chi connectivity index (χ1) is 16.5. The average molecular weight is 469 g/mol. The summed E-state index contributed by atoms with van der Waals surface area (Å²) in [6, 6.07) is 15.0. The summed E-state index contributed by atoms with van der Waals surface area (Å²) in [6.45, 7) is 3.80. The molecule has 34 heavy (non-hydrogen) atoms. The van der Waals surface area contributed by atoms with E-state index in [0.29, 0.717) is 24.7 Å². The predicted molar refractivity (Wildman–Crippen MR) is 124 cm³/mol. The highest BCUT2D eigenvalue weighted by molar-refractivity contribution is 5.43. The van der Waals surface area contributed by atoms with E-state index in [2.05, 4.69) is 9.80 Å². The van der Waals surface area contributed by atoms with Gasteiger partial charge >= 0.3 is 6.18 Å². The largest absolute Gasteiger partial charge is 0.439 e. The first kappa shape index (κ1) is 22.7. The Bertz CT molecular complexity index is 1110. The lowest BCUT2D eigenvalue weighted by Gasteiger charge is -2.32. The van der Waals surface area contributed by atoms with Crippen LogP contribution in [0.1, 0.15) is 41.6 Å². The smallest absolute Gasteiger partial charge is 0.416 e. The molecule has 1 saturated heterocycles. The molecule has 0 aliphatic carbocycles. The lowest BCUT2D eigenvalue weighted by molar-refractivity contribution is -0.137. The quantitative estimate of drug-likeness (QED) is 0.471. The normalized spacial score (nSPS) is 16.9. The van der Waals surface area contributed by atoms with Crippen LogP contribution in [0, 0.1) is 0 Å². The van der Waals surface area contributed by atoms with Gasteiger partial charge in [-0.05, 0) is 49.1 Å². The number of fused-ring (bicyclic) bond motifs is 1. The summed E-state index contributed by atoms with van der Waals surface area (Å²) < 4.78 is 44.9. The summed E-state index contributed by atoms with van der Waals surface area (Å²) >= 11 is 0. The number of anilines is 1. The number of hydrogen-bond acceptors (Lipinski definition) is 5. The number of halogens is 3. The fourth-order valence-corrected chi connectivity index (χ4v) is 4.54. The zero-order chi connectivity index (χ0) is 23.5. The van der Waals surface area contributed by atoms with Gasteiger partial charge in [-0.3, -0.25) is 4.90 Å². The van der Waals surface area contributed by atoms with E-state index in [4.69, 9.17) is 14.7 Å². The maximum absolute atomic E-state index is 12.9. The molecule has 0 saturated carbocycles. The van der Waals surface area contributed by atoms with Gasteiger partial charge in [-0.1, -0.05) is 30.3 Å². The van der Waals surface area contributed by atoms with Crippen molar-refractivity contribution in [2.45, 2.75) is 44.9 Å². The molecule has 2 aliphatic heterocycles. The number of benzene rings is 2. The number of piperidine rings is 1. The van der Waals surface area contributed by atoms with Crippen LogP contribution in [0.25, 0.3) is 0 Å². The minimum atomic E-state index is -4.32. The van der Waals surface area contributed by atoms with E-state index < -0.39 is 11.7 Å². The monoisotopic (exact) mass is 468 g/mol. The maximum atomic E-state index is 12.9. The summed E-state index contributed by atoms with van der Waals surface area (Å²) in [7, 11) is 0. The molecule has 0 N–H and O–H groups in total. The molecule has 2 aliphatic rings. The fraction of sp³-hybridized carbons (Fsp3) is 0.385. The summed E-state index contributed by atoms with van der Waals surface area (Å²) in [6.07, 6.45) is -0.0830. The summed E-state index contributed by atoms with van der Waals surface area (Å²) in [5, 5.41) is 0. The Balaban J connectivity index is 1.39. The molecule has 8 heteroatoms. The summed E-state index contributed by atoms with van der Waals surface area (Å²) in [4.78, 5) is 14.2. The van der Waals surface area contributed by atoms with Gasteiger partial charge in [0.05, 0.1) is 16.8 Å². The number of alkyl halides is 3. The van der Waals surface area contributed by atoms with E-state index in [1.165, 1.54) is 6.42 Å². The number of nitrogens with zero attached hydrogens (tertiary/aromatic N) is 4. The fourth-order valence-electron chi connectivity index (χ4n) is 4.54. The molecular weight excluding hydrogens is 441 g/mol. The van der Waals surface area contributed by atoms with Crippen LogP contribution in [0.15, 0.2) is 54.6 Å². The standard InChI is InChI=1S/C26H27F3N4O/c27-26(28,29)20-11-9-19(10-12-20)17-32-16-13-23-22(18-32)24(34-21-7-3-1-4-8-21)31-25(30-23)33-14-5-2-6-15-33/h1,3-4,7-12H,2,5-6,13-18H2. The van der Waals surface area contributed by atoms with Crippen molar-refractivity contribution in [3.05, 3.63) is 77.0 Å². The van der Waals surface area contributed by atoms with Gasteiger partial charge in [-0.25, -0.2) is 4.98 Å². The molecule has 3 heterocycles. The van der Waals surface area contributed by atoms with Crippen molar-refractivity contribution in [2.24, 2.45) is 0 Å². The molecule has 1 fully saturated rings. The second kappa shape index (κ2) is 9.62. The molecule has 0 spiro atoms. The molecular formula is C26H27F3N4O. The van der Waals surface area contributed by atoms with E-state index in [1.54, 1.807) is 12.1 Å². The van der Waals surface area contributed by atoms with E-state index in [9.17, 15) is 13.2 Å². The van der Waals surface area contributed by atoms with Crippen LogP contribution < -0.4 is 9.64 Å². The number of ether oxygens (including phenoxy) is 1. The maximum Gasteiger partial charge on any atom is 0.416 e. The molecule has 2 aromatic carbocycles. The number of aromatic nitrogens is 2. The highest BCUT2D eigenvalue weighted by Gasteiger charge is 2.30. The van der Waals surface area contributed by atoms with Gasteiger partial charge in [0.2, 0.25) is 11.8 Å². The molecule has 0 bridgehead atoms. The number of hydrogen-bond donors (Lipinski definition) is 0. The van der Waals surface area contributed by atoms with Crippen molar-refractivity contribution >= 4 is 5.95 Å². The van der Waals surface area contributed by atoms with Gasteiger partial charge in [-0.15, -0.1) is 0 Å². The first-order valence-corrected chi connectivity index (χ1v) is 11.7. The lowest BCUT2D eigenvalue weighted by Crippen LogP contribution is -2.34. The zero-order valence-electron chi connectivity index (χ0n) is 18.9. The molecule has 0 atom stereocenters. The topological polar surface area (TPSA) is 41.5 Å². The zero-order valence-corrected chi connectivity index (χ0v) is 18.9. The Kier molecular flexibility index (Phi) is 6.41. The van der Waals surface area contributed by atoms with Gasteiger partial charge in [0.15, 0.2) is 0 Å². The molecule has 3 aromatic rings. The van der Waals surface area contributed by atoms with Crippen molar-refractivity contribution in [1.29, 1.82) is 0 Å². The Morgan fingerprint density at radius 2 is 1.59 bits per heavy atom. The second-order valence-corrected chi connectivity index (χ2v) is 8.87. The van der Waals surface area contributed by atoms with Crippen LogP contribution in [0.3, 0.4) is 0 Å². The summed E-state index contributed by atoms with van der Waals surface area (Å²) in [5.74, 6) is 2.00. The van der Waals surface area contributed by atoms with Crippen molar-refractivity contribution in [3.8, 4) is 11.6 Å². The third kappa shape index (κ3) is 5.17. The SMILES string of the molecule is FC(F)(F)c1ccc(CN2CCc3nc(N4CCCCC4)nc(Oc4ccccc4)c3C2)cc1. The minimum absolute atomic E-state index is 0.552. The summed E-state index contributed by atoms with van der Waals surface area (Å²) in [5.41, 5.74) is 2.15. The molecule has 1 aromatic heterocycles. The van der Waals surface area contributed by atoms with Gasteiger partial charge in [0, 0.05) is 39.1 Å². The van der Waals surface area contributed by atoms with E-state index in [1.807, 2.05) is 30.3 Å². The Labute approximate surface area is 197 Å². The molecule has 5 rings (SSSR count). The van der Waals surface area contributed by atoms with E-state index in [0.717, 1.165) is 73.8 Å². The highest BCUT2D eigenvalue weighted by atomic mass is 19.4. The Hall–Kier alpha value is -3.13. The minimum Gasteiger partial charge on any atom is -0.439 e. The third-order valence-electron chi connectivity index (χ3n) is 6.37. The van der Waals surface area contributed by atoms with Crippen LogP contribution in [0.2, 0.25) is 0 Å². The van der Waals surface area contributed by atoms with Crippen molar-refractivity contribution < 1.29 is 17.9 Å². The molecule has 178 valence electrons. The van der Waals surface area contributed by atoms with Crippen molar-refractivity contribution in [1.82, 2.24) is 14.9 Å². The van der Waals surface area contributed by atoms with Crippen LogP contribution in [0.4, 0.5) is 19.1 Å². The van der Waals surface area contributed by atoms with Gasteiger partial charge in [-0.2, -0.15) is 18.2 Å². The van der Waals surface area contributed by atoms with Gasteiger partial charge < -0.3 is 9.64 Å². The second-order valence-electron chi connectivity index (χ2n) is 8.87. The molecule has 0 amide bonds. The van der Waals surface area contributed by atoms with Gasteiger partial charge in [0.1, 0.15) is 5.75 Å². The number of para-hydroxylation sites is 1. The van der Waals surface area contributed by atoms with Crippen LogP contribution in [-0.2, 0) is 25.7 Å². The van der Waals surface area contributed by atoms with Crippen LogP contribution >= 0.6 is 0 Å². The van der Waals surface area contributed by atoms with Gasteiger partial charge in [0.25, 0.3) is 0 Å². The Morgan fingerprint density at radius 1 is 0.853 bits per heavy atom. The third-order valence-corrected chi connectivity index (χ3v) is 6.37. The van der Waals surface area contributed by atoms with Crippen molar-refractivity contribution in [3.63, 3.8) is 0 Å².